The molecule has 0 radical (unpaired) electrons. The summed E-state index contributed by atoms with van der Waals surface area (Å²) in [4.78, 5) is 37.5. The van der Waals surface area contributed by atoms with E-state index in [2.05, 4.69) is 0 Å². The number of hydrogen-bond acceptors (Lipinski definition) is 7. The molecule has 3 aromatic rings. The molecule has 0 saturated carbocycles. The maximum Gasteiger partial charge on any atom is 0.336 e. The zero-order valence-electron chi connectivity index (χ0n) is 16.6. The van der Waals surface area contributed by atoms with Crippen LogP contribution in [0.4, 0.5) is 0 Å². The second kappa shape index (κ2) is 9.00. The molecule has 1 atom stereocenters. The molecule has 0 amide bonds. The molecule has 0 aliphatic carbocycles. The third-order valence-electron chi connectivity index (χ3n) is 4.71. The van der Waals surface area contributed by atoms with Crippen LogP contribution in [0.25, 0.3) is 11.0 Å². The fourth-order valence-corrected chi connectivity index (χ4v) is 3.42. The van der Waals surface area contributed by atoms with Gasteiger partial charge in [-0.25, -0.2) is 4.79 Å². The molecule has 2 aromatic carbocycles. The molecule has 1 aromatic heterocycles. The first kappa shape index (κ1) is 21.4. The Labute approximate surface area is 177 Å². The molecule has 1 unspecified atom stereocenters. The Morgan fingerprint density at radius 3 is 2.33 bits per heavy atom. The molecule has 7 nitrogen and oxygen atoms in total. The number of halogens is 1. The van der Waals surface area contributed by atoms with E-state index in [0.29, 0.717) is 28.0 Å². The number of Topliss-reactive ketones (excluding diaryl/α,β-unsaturated/α-hetero) is 1. The maximum absolute atomic E-state index is 12.8. The van der Waals surface area contributed by atoms with E-state index in [0.717, 1.165) is 0 Å². The first-order valence-electron chi connectivity index (χ1n) is 8.94. The summed E-state index contributed by atoms with van der Waals surface area (Å²) in [6.45, 7) is 0. The summed E-state index contributed by atoms with van der Waals surface area (Å²) in [5.74, 6) is -1.06. The third-order valence-corrected chi connectivity index (χ3v) is 5.01. The van der Waals surface area contributed by atoms with E-state index < -0.39 is 17.5 Å². The summed E-state index contributed by atoms with van der Waals surface area (Å²) in [7, 11) is 4.17. The van der Waals surface area contributed by atoms with E-state index in [1.54, 1.807) is 24.3 Å². The quantitative estimate of drug-likeness (QED) is 0.318. The maximum atomic E-state index is 12.8. The Bertz CT molecular complexity index is 1150. The molecule has 8 heteroatoms. The number of carbonyl (C=O) groups is 2. The number of ketones is 1. The predicted octanol–water partition coefficient (Wildman–Crippen LogP) is 3.99. The normalized spacial score (nSPS) is 11.7. The van der Waals surface area contributed by atoms with Crippen LogP contribution in [0.3, 0.4) is 0 Å². The highest BCUT2D eigenvalue weighted by molar-refractivity contribution is 6.32. The van der Waals surface area contributed by atoms with Gasteiger partial charge in [0.25, 0.3) is 0 Å². The first-order valence-corrected chi connectivity index (χ1v) is 9.32. The SMILES string of the molecule is COC(=O)C(CC(=O)c1ccc(OC)cc1)c1cc(=O)oc2cc(OC)c(Cl)cc12. The van der Waals surface area contributed by atoms with Gasteiger partial charge in [-0.3, -0.25) is 9.59 Å². The first-order chi connectivity index (χ1) is 14.4. The van der Waals surface area contributed by atoms with Crippen LogP contribution in [0.15, 0.2) is 51.7 Å². The van der Waals surface area contributed by atoms with Crippen molar-refractivity contribution in [1.29, 1.82) is 0 Å². The van der Waals surface area contributed by atoms with Gasteiger partial charge in [-0.1, -0.05) is 11.6 Å². The van der Waals surface area contributed by atoms with Crippen LogP contribution < -0.4 is 15.1 Å². The second-order valence-corrected chi connectivity index (χ2v) is 6.84. The zero-order chi connectivity index (χ0) is 21.8. The summed E-state index contributed by atoms with van der Waals surface area (Å²) < 4.78 is 20.4. The van der Waals surface area contributed by atoms with E-state index in [9.17, 15) is 14.4 Å². The highest BCUT2D eigenvalue weighted by Gasteiger charge is 2.28. The topological polar surface area (TPSA) is 92.0 Å². The van der Waals surface area contributed by atoms with Crippen molar-refractivity contribution in [3.05, 3.63) is 69.0 Å². The fourth-order valence-electron chi connectivity index (χ4n) is 3.17. The Balaban J connectivity index is 2.08. The number of carbonyl (C=O) groups excluding carboxylic acids is 2. The summed E-state index contributed by atoms with van der Waals surface area (Å²) in [6.07, 6.45) is -0.207. The average molecular weight is 431 g/mol. The third kappa shape index (κ3) is 4.31. The van der Waals surface area contributed by atoms with Gasteiger partial charge in [-0.2, -0.15) is 0 Å². The van der Waals surface area contributed by atoms with Crippen LogP contribution in [0.1, 0.15) is 28.3 Å². The number of ether oxygens (including phenoxy) is 3. The molecule has 0 bridgehead atoms. The molecule has 0 aliphatic rings. The van der Waals surface area contributed by atoms with Crippen molar-refractivity contribution in [1.82, 2.24) is 0 Å². The van der Waals surface area contributed by atoms with Crippen molar-refractivity contribution in [3.8, 4) is 11.5 Å². The summed E-state index contributed by atoms with van der Waals surface area (Å²) >= 11 is 6.22. The Hall–Kier alpha value is -3.32. The second-order valence-electron chi connectivity index (χ2n) is 6.44. The van der Waals surface area contributed by atoms with Gasteiger partial charge in [-0.15, -0.1) is 0 Å². The van der Waals surface area contributed by atoms with Crippen molar-refractivity contribution in [2.45, 2.75) is 12.3 Å². The number of hydrogen-bond donors (Lipinski definition) is 0. The largest absolute Gasteiger partial charge is 0.497 e. The molecule has 0 spiro atoms. The number of fused-ring (bicyclic) bond motifs is 1. The molecule has 0 saturated heterocycles. The molecule has 3 rings (SSSR count). The summed E-state index contributed by atoms with van der Waals surface area (Å²) in [5.41, 5.74) is 0.202. The highest BCUT2D eigenvalue weighted by Crippen LogP contribution is 2.35. The van der Waals surface area contributed by atoms with Gasteiger partial charge < -0.3 is 18.6 Å². The van der Waals surface area contributed by atoms with Crippen molar-refractivity contribution in [2.24, 2.45) is 0 Å². The summed E-state index contributed by atoms with van der Waals surface area (Å²) in [6, 6.07) is 10.7. The van der Waals surface area contributed by atoms with Gasteiger partial charge in [0.2, 0.25) is 0 Å². The van der Waals surface area contributed by atoms with E-state index >= 15 is 0 Å². The summed E-state index contributed by atoms with van der Waals surface area (Å²) in [5, 5.41) is 0.684. The van der Waals surface area contributed by atoms with Crippen LogP contribution in [-0.4, -0.2) is 33.1 Å². The molecule has 0 N–H and O–H groups in total. The Morgan fingerprint density at radius 2 is 1.73 bits per heavy atom. The van der Waals surface area contributed by atoms with Gasteiger partial charge in [-0.05, 0) is 35.9 Å². The highest BCUT2D eigenvalue weighted by atomic mass is 35.5. The number of rotatable bonds is 7. The lowest BCUT2D eigenvalue weighted by Crippen LogP contribution is -2.20. The van der Waals surface area contributed by atoms with Crippen LogP contribution in [0.5, 0.6) is 11.5 Å². The van der Waals surface area contributed by atoms with Crippen molar-refractivity contribution >= 4 is 34.3 Å². The van der Waals surface area contributed by atoms with E-state index in [4.69, 9.17) is 30.2 Å². The van der Waals surface area contributed by atoms with E-state index in [-0.39, 0.29) is 22.8 Å². The minimum atomic E-state index is -1.03. The van der Waals surface area contributed by atoms with Crippen LogP contribution in [0, 0.1) is 0 Å². The van der Waals surface area contributed by atoms with Crippen molar-refractivity contribution < 1.29 is 28.2 Å². The minimum absolute atomic E-state index is 0.185. The lowest BCUT2D eigenvalue weighted by molar-refractivity contribution is -0.142. The zero-order valence-corrected chi connectivity index (χ0v) is 17.3. The van der Waals surface area contributed by atoms with E-state index in [1.165, 1.54) is 39.5 Å². The number of methoxy groups -OCH3 is 3. The molecule has 0 fully saturated rings. The molecule has 30 heavy (non-hydrogen) atoms. The monoisotopic (exact) mass is 430 g/mol. The smallest absolute Gasteiger partial charge is 0.336 e. The van der Waals surface area contributed by atoms with Gasteiger partial charge in [0.1, 0.15) is 17.1 Å². The molecule has 1 heterocycles. The van der Waals surface area contributed by atoms with Crippen LogP contribution >= 0.6 is 11.6 Å². The lowest BCUT2D eigenvalue weighted by Gasteiger charge is -2.17. The molecule has 156 valence electrons. The fraction of sp³-hybridized carbons (Fsp3) is 0.227. The van der Waals surface area contributed by atoms with Gasteiger partial charge in [0.05, 0.1) is 32.3 Å². The molecular weight excluding hydrogens is 412 g/mol. The lowest BCUT2D eigenvalue weighted by atomic mass is 9.89. The Kier molecular flexibility index (Phi) is 6.42. The minimum Gasteiger partial charge on any atom is -0.497 e. The van der Waals surface area contributed by atoms with Crippen molar-refractivity contribution in [3.63, 3.8) is 0 Å². The van der Waals surface area contributed by atoms with Crippen LogP contribution in [-0.2, 0) is 9.53 Å². The standard InChI is InChI=1S/C22H19ClO7/c1-27-13-6-4-12(5-7-13)18(24)9-16(22(26)29-3)14-10-21(25)30-19-11-20(28-2)17(23)8-15(14)19/h4-8,10-11,16H,9H2,1-3H3. The molecular formula is C22H19ClO7. The van der Waals surface area contributed by atoms with E-state index in [1.807, 2.05) is 0 Å². The number of esters is 1. The Morgan fingerprint density at radius 1 is 1.03 bits per heavy atom. The van der Waals surface area contributed by atoms with Crippen LogP contribution in [0.2, 0.25) is 5.02 Å². The van der Waals surface area contributed by atoms with Gasteiger partial charge >= 0.3 is 11.6 Å². The number of benzene rings is 2. The molecule has 0 aliphatic heterocycles. The average Bonchev–Trinajstić information content (AvgIpc) is 2.76. The van der Waals surface area contributed by atoms with Gasteiger partial charge in [0, 0.05) is 29.5 Å². The predicted molar refractivity (Wildman–Crippen MR) is 111 cm³/mol. The van der Waals surface area contributed by atoms with Gasteiger partial charge in [0.15, 0.2) is 5.78 Å². The van der Waals surface area contributed by atoms with Crippen molar-refractivity contribution in [2.75, 3.05) is 21.3 Å².